The highest BCUT2D eigenvalue weighted by Crippen LogP contribution is 2.18. The van der Waals surface area contributed by atoms with Crippen LogP contribution >= 0.6 is 0 Å². The molecule has 108 valence electrons. The Kier molecular flexibility index (Phi) is 5.36. The molecule has 0 fully saturated rings. The Morgan fingerprint density at radius 1 is 1.25 bits per heavy atom. The van der Waals surface area contributed by atoms with E-state index in [2.05, 4.69) is 42.2 Å². The number of nitrogens with one attached hydrogen (secondary N) is 1. The highest BCUT2D eigenvalue weighted by Gasteiger charge is 2.09. The van der Waals surface area contributed by atoms with E-state index in [1.807, 2.05) is 6.07 Å². The molecular formula is C17H23FN2. The van der Waals surface area contributed by atoms with Crippen molar-refractivity contribution in [1.29, 1.82) is 0 Å². The summed E-state index contributed by atoms with van der Waals surface area (Å²) in [4.78, 5) is 0. The van der Waals surface area contributed by atoms with Gasteiger partial charge < -0.3 is 9.88 Å². The first-order valence-electron chi connectivity index (χ1n) is 7.36. The molecule has 0 aliphatic rings. The maximum atomic E-state index is 13.2. The Morgan fingerprint density at radius 2 is 2.10 bits per heavy atom. The SMILES string of the molecule is CCCNC(CC)c1ccn(Cc2cccc(F)c2)c1. The van der Waals surface area contributed by atoms with Gasteiger partial charge in [-0.25, -0.2) is 4.39 Å². The molecule has 2 rings (SSSR count). The van der Waals surface area contributed by atoms with Gasteiger partial charge in [-0.05, 0) is 48.7 Å². The second kappa shape index (κ2) is 7.25. The van der Waals surface area contributed by atoms with Crippen molar-refractivity contribution in [2.75, 3.05) is 6.54 Å². The molecule has 0 spiro atoms. The number of hydrogen-bond donors (Lipinski definition) is 1. The molecule has 0 aliphatic heterocycles. The number of aromatic nitrogens is 1. The van der Waals surface area contributed by atoms with E-state index in [4.69, 9.17) is 0 Å². The van der Waals surface area contributed by atoms with Crippen molar-refractivity contribution in [2.45, 2.75) is 39.3 Å². The molecule has 1 aromatic heterocycles. The van der Waals surface area contributed by atoms with Gasteiger partial charge in [-0.15, -0.1) is 0 Å². The van der Waals surface area contributed by atoms with Crippen LogP contribution in [0.3, 0.4) is 0 Å². The van der Waals surface area contributed by atoms with Gasteiger partial charge in [0, 0.05) is 25.0 Å². The van der Waals surface area contributed by atoms with Crippen LogP contribution in [-0.2, 0) is 6.54 Å². The van der Waals surface area contributed by atoms with Gasteiger partial charge in [-0.1, -0.05) is 26.0 Å². The van der Waals surface area contributed by atoms with Crippen molar-refractivity contribution in [3.63, 3.8) is 0 Å². The van der Waals surface area contributed by atoms with Gasteiger partial charge in [-0.3, -0.25) is 0 Å². The molecule has 1 unspecified atom stereocenters. The van der Waals surface area contributed by atoms with E-state index >= 15 is 0 Å². The normalized spacial score (nSPS) is 12.6. The number of benzene rings is 1. The maximum absolute atomic E-state index is 13.2. The van der Waals surface area contributed by atoms with Crippen LogP contribution < -0.4 is 5.32 Å². The van der Waals surface area contributed by atoms with Gasteiger partial charge in [0.2, 0.25) is 0 Å². The minimum atomic E-state index is -0.175. The van der Waals surface area contributed by atoms with E-state index in [1.54, 1.807) is 12.1 Å². The maximum Gasteiger partial charge on any atom is 0.123 e. The Bertz CT molecular complexity index is 533. The zero-order chi connectivity index (χ0) is 14.4. The van der Waals surface area contributed by atoms with Crippen LogP contribution in [0.25, 0.3) is 0 Å². The van der Waals surface area contributed by atoms with Crippen LogP contribution in [0.5, 0.6) is 0 Å². The second-order valence-electron chi connectivity index (χ2n) is 5.16. The summed E-state index contributed by atoms with van der Waals surface area (Å²) in [6.07, 6.45) is 6.43. The summed E-state index contributed by atoms with van der Waals surface area (Å²) in [6.45, 7) is 6.11. The van der Waals surface area contributed by atoms with Gasteiger partial charge in [0.15, 0.2) is 0 Å². The quantitative estimate of drug-likeness (QED) is 0.803. The highest BCUT2D eigenvalue weighted by atomic mass is 19.1. The van der Waals surface area contributed by atoms with E-state index in [-0.39, 0.29) is 5.82 Å². The Morgan fingerprint density at radius 3 is 2.80 bits per heavy atom. The zero-order valence-corrected chi connectivity index (χ0v) is 12.3. The summed E-state index contributed by atoms with van der Waals surface area (Å²) in [6, 6.07) is 9.33. The third kappa shape index (κ3) is 3.94. The second-order valence-corrected chi connectivity index (χ2v) is 5.16. The fraction of sp³-hybridized carbons (Fsp3) is 0.412. The molecule has 1 heterocycles. The van der Waals surface area contributed by atoms with E-state index in [0.717, 1.165) is 24.9 Å². The summed E-state index contributed by atoms with van der Waals surface area (Å²) in [5.41, 5.74) is 2.29. The lowest BCUT2D eigenvalue weighted by Gasteiger charge is -2.15. The van der Waals surface area contributed by atoms with Crippen molar-refractivity contribution in [1.82, 2.24) is 9.88 Å². The minimum absolute atomic E-state index is 0.175. The third-order valence-electron chi connectivity index (χ3n) is 3.48. The van der Waals surface area contributed by atoms with Crippen LogP contribution in [-0.4, -0.2) is 11.1 Å². The molecule has 1 atom stereocenters. The van der Waals surface area contributed by atoms with E-state index in [0.29, 0.717) is 12.6 Å². The smallest absolute Gasteiger partial charge is 0.123 e. The van der Waals surface area contributed by atoms with Gasteiger partial charge >= 0.3 is 0 Å². The van der Waals surface area contributed by atoms with E-state index < -0.39 is 0 Å². The lowest BCUT2D eigenvalue weighted by atomic mass is 10.1. The van der Waals surface area contributed by atoms with Crippen molar-refractivity contribution in [3.05, 3.63) is 59.7 Å². The van der Waals surface area contributed by atoms with Crippen molar-refractivity contribution >= 4 is 0 Å². The van der Waals surface area contributed by atoms with Crippen LogP contribution in [0.1, 0.15) is 43.9 Å². The number of halogens is 1. The molecule has 20 heavy (non-hydrogen) atoms. The molecule has 1 aromatic carbocycles. The fourth-order valence-corrected chi connectivity index (χ4v) is 2.43. The third-order valence-corrected chi connectivity index (χ3v) is 3.48. The van der Waals surface area contributed by atoms with Gasteiger partial charge in [0.25, 0.3) is 0 Å². The predicted molar refractivity (Wildman–Crippen MR) is 81.3 cm³/mol. The minimum Gasteiger partial charge on any atom is -0.350 e. The Labute approximate surface area is 120 Å². The highest BCUT2D eigenvalue weighted by molar-refractivity contribution is 5.20. The Hall–Kier alpha value is -1.61. The van der Waals surface area contributed by atoms with Crippen molar-refractivity contribution in [2.24, 2.45) is 0 Å². The average Bonchev–Trinajstić information content (AvgIpc) is 2.88. The van der Waals surface area contributed by atoms with E-state index in [9.17, 15) is 4.39 Å². The molecule has 0 bridgehead atoms. The predicted octanol–water partition coefficient (Wildman–Crippen LogP) is 4.13. The average molecular weight is 274 g/mol. The molecule has 0 saturated heterocycles. The molecular weight excluding hydrogens is 251 g/mol. The first-order chi connectivity index (χ1) is 9.72. The molecule has 3 heteroatoms. The van der Waals surface area contributed by atoms with Crippen LogP contribution in [0, 0.1) is 5.82 Å². The number of nitrogens with zero attached hydrogens (tertiary/aromatic N) is 1. The fourth-order valence-electron chi connectivity index (χ4n) is 2.43. The molecule has 0 aliphatic carbocycles. The number of hydrogen-bond acceptors (Lipinski definition) is 1. The topological polar surface area (TPSA) is 17.0 Å². The largest absolute Gasteiger partial charge is 0.350 e. The number of rotatable bonds is 7. The first-order valence-corrected chi connectivity index (χ1v) is 7.36. The summed E-state index contributed by atoms with van der Waals surface area (Å²) in [5.74, 6) is -0.175. The lowest BCUT2D eigenvalue weighted by molar-refractivity contribution is 0.517. The van der Waals surface area contributed by atoms with Gasteiger partial charge in [0.1, 0.15) is 5.82 Å². The molecule has 0 radical (unpaired) electrons. The van der Waals surface area contributed by atoms with Crippen molar-refractivity contribution < 1.29 is 4.39 Å². The zero-order valence-electron chi connectivity index (χ0n) is 12.3. The summed E-state index contributed by atoms with van der Waals surface area (Å²) >= 11 is 0. The van der Waals surface area contributed by atoms with Crippen LogP contribution in [0.4, 0.5) is 4.39 Å². The Balaban J connectivity index is 2.04. The molecule has 2 aromatic rings. The van der Waals surface area contributed by atoms with E-state index in [1.165, 1.54) is 11.6 Å². The first kappa shape index (κ1) is 14.8. The summed E-state index contributed by atoms with van der Waals surface area (Å²) in [7, 11) is 0. The molecule has 0 saturated carbocycles. The monoisotopic (exact) mass is 274 g/mol. The molecule has 2 nitrogen and oxygen atoms in total. The van der Waals surface area contributed by atoms with Crippen LogP contribution in [0.15, 0.2) is 42.7 Å². The summed E-state index contributed by atoms with van der Waals surface area (Å²) < 4.78 is 15.3. The summed E-state index contributed by atoms with van der Waals surface area (Å²) in [5, 5.41) is 3.55. The van der Waals surface area contributed by atoms with Crippen LogP contribution in [0.2, 0.25) is 0 Å². The molecule has 0 amide bonds. The van der Waals surface area contributed by atoms with Crippen molar-refractivity contribution in [3.8, 4) is 0 Å². The lowest BCUT2D eigenvalue weighted by Crippen LogP contribution is -2.21. The molecule has 1 N–H and O–H groups in total. The van der Waals surface area contributed by atoms with Gasteiger partial charge in [-0.2, -0.15) is 0 Å². The van der Waals surface area contributed by atoms with Gasteiger partial charge in [0.05, 0.1) is 0 Å². The standard InChI is InChI=1S/C17H23FN2/c1-3-9-19-17(4-2)15-8-10-20(13-15)12-14-6-5-7-16(18)11-14/h5-8,10-11,13,17,19H,3-4,9,12H2,1-2H3.